The molecule has 0 aliphatic carbocycles. The second kappa shape index (κ2) is 4.94. The van der Waals surface area contributed by atoms with Crippen molar-refractivity contribution in [2.24, 2.45) is 0 Å². The Hall–Kier alpha value is -0.820. The molecule has 0 fully saturated rings. The quantitative estimate of drug-likeness (QED) is 0.279. The zero-order chi connectivity index (χ0) is 9.72. The van der Waals surface area contributed by atoms with Crippen molar-refractivity contribution in [2.75, 3.05) is 6.61 Å². The lowest BCUT2D eigenvalue weighted by molar-refractivity contribution is -0.0750. The smallest absolute Gasteiger partial charge is 0.158 e. The van der Waals surface area contributed by atoms with E-state index in [9.17, 15) is 0 Å². The summed E-state index contributed by atoms with van der Waals surface area (Å²) in [6.07, 6.45) is -4.92. The molecule has 0 bridgehead atoms. The Morgan fingerprint density at radius 1 is 1.25 bits per heavy atom. The molecule has 0 unspecified atom stereocenters. The van der Waals surface area contributed by atoms with Gasteiger partial charge in [-0.15, -0.1) is 0 Å². The normalized spacial score (nSPS) is 20.2. The van der Waals surface area contributed by atoms with E-state index in [1.165, 1.54) is 0 Å². The molecule has 0 aromatic rings. The van der Waals surface area contributed by atoms with Crippen molar-refractivity contribution in [3.8, 4) is 0 Å². The highest BCUT2D eigenvalue weighted by molar-refractivity contribution is 4.97. The highest BCUT2D eigenvalue weighted by Crippen LogP contribution is 2.06. The zero-order valence-corrected chi connectivity index (χ0v) is 6.20. The van der Waals surface area contributed by atoms with Crippen molar-refractivity contribution in [1.29, 1.82) is 0 Å². The van der Waals surface area contributed by atoms with Crippen LogP contribution in [-0.4, -0.2) is 55.6 Å². The Balaban J connectivity index is 4.18. The minimum absolute atomic E-state index is 0.192. The number of aliphatic hydroxyl groups excluding tert-OH is 6. The fourth-order valence-electron chi connectivity index (χ4n) is 0.570. The van der Waals surface area contributed by atoms with Gasteiger partial charge in [0.1, 0.15) is 24.6 Å². The van der Waals surface area contributed by atoms with Crippen LogP contribution in [0.4, 0.5) is 0 Å². The van der Waals surface area contributed by atoms with Crippen LogP contribution < -0.4 is 0 Å². The molecule has 0 aromatic heterocycles. The third kappa shape index (κ3) is 2.67. The molecule has 0 rings (SSSR count). The van der Waals surface area contributed by atoms with Crippen LogP contribution in [0, 0.1) is 0 Å². The van der Waals surface area contributed by atoms with Gasteiger partial charge in [-0.05, 0) is 0 Å². The second-order valence-electron chi connectivity index (χ2n) is 2.24. The van der Waals surface area contributed by atoms with Crippen molar-refractivity contribution in [3.63, 3.8) is 0 Å². The average molecular weight is 180 g/mol. The SMILES string of the molecule is O/C=C(\O)[C@H](O)[C@H](O)[C@H](O)CO. The van der Waals surface area contributed by atoms with Crippen LogP contribution >= 0.6 is 0 Å². The largest absolute Gasteiger partial charge is 0.512 e. The monoisotopic (exact) mass is 180 g/mol. The highest BCUT2D eigenvalue weighted by atomic mass is 16.4. The van der Waals surface area contributed by atoms with Crippen LogP contribution in [0.5, 0.6) is 0 Å². The van der Waals surface area contributed by atoms with Gasteiger partial charge in [-0.3, -0.25) is 0 Å². The predicted molar refractivity (Wildman–Crippen MR) is 38.4 cm³/mol. The maximum atomic E-state index is 8.92. The molecule has 0 aliphatic heterocycles. The molecule has 0 amide bonds. The summed E-state index contributed by atoms with van der Waals surface area (Å²) in [5.41, 5.74) is 0. The fourth-order valence-corrected chi connectivity index (χ4v) is 0.570. The van der Waals surface area contributed by atoms with E-state index >= 15 is 0 Å². The van der Waals surface area contributed by atoms with Crippen LogP contribution in [0.25, 0.3) is 0 Å². The van der Waals surface area contributed by atoms with Gasteiger partial charge in [0.2, 0.25) is 0 Å². The minimum atomic E-state index is -1.81. The summed E-state index contributed by atoms with van der Waals surface area (Å²) in [6, 6.07) is 0. The van der Waals surface area contributed by atoms with Crippen molar-refractivity contribution in [1.82, 2.24) is 0 Å². The van der Waals surface area contributed by atoms with Gasteiger partial charge in [0.15, 0.2) is 5.76 Å². The lowest BCUT2D eigenvalue weighted by Crippen LogP contribution is -2.40. The standard InChI is InChI=1S/C6H12O6/c7-1-3(9)5(11)6(12)4(10)2-8/h1,4-12H,2H2/b3-1-/t4-,5+,6-/m1/s1. The highest BCUT2D eigenvalue weighted by Gasteiger charge is 2.26. The Kier molecular flexibility index (Phi) is 4.60. The molecular weight excluding hydrogens is 168 g/mol. The molecule has 0 radical (unpaired) electrons. The average Bonchev–Trinajstić information content (AvgIpc) is 2.12. The van der Waals surface area contributed by atoms with Gasteiger partial charge in [0.25, 0.3) is 0 Å². The van der Waals surface area contributed by atoms with E-state index in [2.05, 4.69) is 0 Å². The number of hydrogen-bond donors (Lipinski definition) is 6. The summed E-state index contributed by atoms with van der Waals surface area (Å²) in [7, 11) is 0. The maximum Gasteiger partial charge on any atom is 0.158 e. The molecule has 12 heavy (non-hydrogen) atoms. The summed E-state index contributed by atoms with van der Waals surface area (Å²) in [6.45, 7) is -0.753. The number of rotatable bonds is 4. The Morgan fingerprint density at radius 2 is 1.75 bits per heavy atom. The number of aliphatic hydroxyl groups is 6. The molecule has 0 saturated carbocycles. The van der Waals surface area contributed by atoms with Crippen LogP contribution in [0.2, 0.25) is 0 Å². The maximum absolute atomic E-state index is 8.92. The molecule has 0 saturated heterocycles. The third-order valence-corrected chi connectivity index (χ3v) is 1.34. The van der Waals surface area contributed by atoms with Gasteiger partial charge in [0.05, 0.1) is 6.61 Å². The molecule has 0 aromatic carbocycles. The van der Waals surface area contributed by atoms with Crippen LogP contribution in [0.1, 0.15) is 0 Å². The molecule has 3 atom stereocenters. The van der Waals surface area contributed by atoms with E-state index in [-0.39, 0.29) is 6.26 Å². The first-order valence-electron chi connectivity index (χ1n) is 3.22. The molecule has 6 nitrogen and oxygen atoms in total. The lowest BCUT2D eigenvalue weighted by Gasteiger charge is -2.20. The molecule has 6 heteroatoms. The second-order valence-corrected chi connectivity index (χ2v) is 2.24. The molecule has 0 spiro atoms. The third-order valence-electron chi connectivity index (χ3n) is 1.34. The summed E-state index contributed by atoms with van der Waals surface area (Å²) in [5, 5.41) is 51.7. The van der Waals surface area contributed by atoms with E-state index in [1.54, 1.807) is 0 Å². The minimum Gasteiger partial charge on any atom is -0.512 e. The van der Waals surface area contributed by atoms with E-state index in [1.807, 2.05) is 0 Å². The van der Waals surface area contributed by atoms with Crippen LogP contribution in [0.15, 0.2) is 12.0 Å². The molecule has 0 aliphatic rings. The Bertz CT molecular complexity index is 156. The summed E-state index contributed by atoms with van der Waals surface area (Å²) < 4.78 is 0. The first-order valence-corrected chi connectivity index (χ1v) is 3.22. The Labute approximate surface area is 68.6 Å². The Morgan fingerprint density at radius 3 is 2.08 bits per heavy atom. The van der Waals surface area contributed by atoms with Crippen LogP contribution in [-0.2, 0) is 0 Å². The summed E-state index contributed by atoms with van der Waals surface area (Å²) in [5.74, 6) is -0.880. The van der Waals surface area contributed by atoms with Gasteiger partial charge in [-0.1, -0.05) is 0 Å². The van der Waals surface area contributed by atoms with Gasteiger partial charge in [-0.25, -0.2) is 0 Å². The summed E-state index contributed by atoms with van der Waals surface area (Å²) in [4.78, 5) is 0. The van der Waals surface area contributed by atoms with Crippen LogP contribution in [0.3, 0.4) is 0 Å². The molecular formula is C6H12O6. The lowest BCUT2D eigenvalue weighted by atomic mass is 10.1. The van der Waals surface area contributed by atoms with Gasteiger partial charge in [0, 0.05) is 0 Å². The molecule has 0 heterocycles. The van der Waals surface area contributed by atoms with Crippen molar-refractivity contribution in [3.05, 3.63) is 12.0 Å². The molecule has 72 valence electrons. The van der Waals surface area contributed by atoms with Crippen molar-refractivity contribution >= 4 is 0 Å². The fraction of sp³-hybridized carbons (Fsp3) is 0.667. The van der Waals surface area contributed by atoms with E-state index in [0.29, 0.717) is 0 Å². The van der Waals surface area contributed by atoms with Crippen molar-refractivity contribution < 1.29 is 30.6 Å². The van der Waals surface area contributed by atoms with Crippen molar-refractivity contribution in [2.45, 2.75) is 18.3 Å². The van der Waals surface area contributed by atoms with Gasteiger partial charge < -0.3 is 30.6 Å². The number of hydrogen-bond acceptors (Lipinski definition) is 6. The topological polar surface area (TPSA) is 121 Å². The molecule has 6 N–H and O–H groups in total. The van der Waals surface area contributed by atoms with Gasteiger partial charge >= 0.3 is 0 Å². The van der Waals surface area contributed by atoms with E-state index in [4.69, 9.17) is 30.6 Å². The predicted octanol–water partition coefficient (Wildman–Crippen LogP) is -1.98. The van der Waals surface area contributed by atoms with E-state index in [0.717, 1.165) is 0 Å². The zero-order valence-electron chi connectivity index (χ0n) is 6.20. The summed E-state index contributed by atoms with van der Waals surface area (Å²) >= 11 is 0. The first kappa shape index (κ1) is 11.2. The van der Waals surface area contributed by atoms with E-state index < -0.39 is 30.7 Å². The first-order chi connectivity index (χ1) is 5.54. The van der Waals surface area contributed by atoms with Gasteiger partial charge in [-0.2, -0.15) is 0 Å².